The molecule has 0 bridgehead atoms. The van der Waals surface area contributed by atoms with Crippen LogP contribution in [0.4, 0.5) is 5.69 Å². The third-order valence-corrected chi connectivity index (χ3v) is 7.23. The lowest BCUT2D eigenvalue weighted by Crippen LogP contribution is -2.54. The van der Waals surface area contributed by atoms with Gasteiger partial charge in [0.05, 0.1) is 24.1 Å². The molecular weight excluding hydrogens is 448 g/mol. The van der Waals surface area contributed by atoms with Gasteiger partial charge in [0.25, 0.3) is 5.91 Å². The molecule has 2 saturated heterocycles. The molecule has 3 amide bonds. The summed E-state index contributed by atoms with van der Waals surface area (Å²) in [5.41, 5.74) is 0.999. The summed E-state index contributed by atoms with van der Waals surface area (Å²) in [5, 5.41) is 5.83. The molecule has 4 rings (SSSR count). The number of carbonyl (C=O) groups is 3. The minimum atomic E-state index is -0.309. The first kappa shape index (κ1) is 25.4. The third-order valence-electron chi connectivity index (χ3n) is 7.23. The molecule has 3 atom stereocenters. The van der Waals surface area contributed by atoms with Crippen LogP contribution >= 0.6 is 0 Å². The van der Waals surface area contributed by atoms with E-state index in [-0.39, 0.29) is 36.0 Å². The van der Waals surface area contributed by atoms with Gasteiger partial charge in [-0.3, -0.25) is 14.4 Å². The summed E-state index contributed by atoms with van der Waals surface area (Å²) in [7, 11) is 1.78. The molecule has 192 valence electrons. The number of piperidine rings is 1. The van der Waals surface area contributed by atoms with Crippen LogP contribution in [0.2, 0.25) is 0 Å². The van der Waals surface area contributed by atoms with Gasteiger partial charge in [0, 0.05) is 32.2 Å². The summed E-state index contributed by atoms with van der Waals surface area (Å²) >= 11 is 0. The number of anilines is 1. The second kappa shape index (κ2) is 11.9. The van der Waals surface area contributed by atoms with Gasteiger partial charge >= 0.3 is 0 Å². The molecule has 1 aromatic carbocycles. The van der Waals surface area contributed by atoms with Gasteiger partial charge in [-0.2, -0.15) is 0 Å². The number of carbonyl (C=O) groups excluding carboxylic acids is 3. The Labute approximate surface area is 207 Å². The van der Waals surface area contributed by atoms with Crippen molar-refractivity contribution in [3.63, 3.8) is 0 Å². The first-order valence-corrected chi connectivity index (χ1v) is 12.9. The van der Waals surface area contributed by atoms with Crippen LogP contribution in [0, 0.1) is 0 Å². The zero-order chi connectivity index (χ0) is 24.8. The Morgan fingerprint density at radius 2 is 1.91 bits per heavy atom. The van der Waals surface area contributed by atoms with Gasteiger partial charge in [-0.25, -0.2) is 0 Å². The molecule has 9 heteroatoms. The summed E-state index contributed by atoms with van der Waals surface area (Å²) in [4.78, 5) is 41.7. The molecule has 0 aromatic heterocycles. The first-order chi connectivity index (χ1) is 16.9. The summed E-state index contributed by atoms with van der Waals surface area (Å²) in [6.07, 6.45) is 5.41. The number of likely N-dealkylation sites (tertiary alicyclic amines) is 1. The van der Waals surface area contributed by atoms with Crippen LogP contribution in [-0.4, -0.2) is 85.6 Å². The normalized spacial score (nSPS) is 24.9. The molecule has 35 heavy (non-hydrogen) atoms. The van der Waals surface area contributed by atoms with E-state index in [0.29, 0.717) is 49.4 Å². The molecule has 1 aromatic rings. The summed E-state index contributed by atoms with van der Waals surface area (Å²) in [6, 6.07) is 4.98. The molecule has 3 aliphatic rings. The fourth-order valence-corrected chi connectivity index (χ4v) is 5.17. The van der Waals surface area contributed by atoms with E-state index < -0.39 is 0 Å². The number of ether oxygens (including phenoxy) is 2. The van der Waals surface area contributed by atoms with Gasteiger partial charge in [0.1, 0.15) is 18.5 Å². The van der Waals surface area contributed by atoms with Gasteiger partial charge in [0.2, 0.25) is 11.8 Å². The molecule has 0 radical (unpaired) electrons. The highest BCUT2D eigenvalue weighted by Gasteiger charge is 2.39. The van der Waals surface area contributed by atoms with Crippen molar-refractivity contribution in [1.29, 1.82) is 0 Å². The highest BCUT2D eigenvalue weighted by atomic mass is 16.5. The van der Waals surface area contributed by atoms with Crippen molar-refractivity contribution in [2.45, 2.75) is 70.1 Å². The molecular formula is C26H38N4O5. The quantitative estimate of drug-likeness (QED) is 0.614. The van der Waals surface area contributed by atoms with Crippen LogP contribution in [0.1, 0.15) is 62.2 Å². The van der Waals surface area contributed by atoms with Crippen molar-refractivity contribution in [3.8, 4) is 5.75 Å². The number of fused-ring (bicyclic) bond motifs is 2. The number of rotatable bonds is 7. The lowest BCUT2D eigenvalue weighted by Gasteiger charge is -2.42. The number of benzene rings is 1. The Morgan fingerprint density at radius 1 is 1.11 bits per heavy atom. The van der Waals surface area contributed by atoms with Crippen molar-refractivity contribution in [2.24, 2.45) is 0 Å². The Kier molecular flexibility index (Phi) is 8.62. The largest absolute Gasteiger partial charge is 0.490 e. The van der Waals surface area contributed by atoms with Crippen molar-refractivity contribution >= 4 is 23.4 Å². The number of nitrogens with zero attached hydrogens (tertiary/aromatic N) is 2. The molecule has 0 aliphatic carbocycles. The zero-order valence-electron chi connectivity index (χ0n) is 20.9. The van der Waals surface area contributed by atoms with Crippen LogP contribution in [0.15, 0.2) is 18.2 Å². The van der Waals surface area contributed by atoms with E-state index in [0.717, 1.165) is 26.1 Å². The van der Waals surface area contributed by atoms with Gasteiger partial charge in [-0.15, -0.1) is 0 Å². The van der Waals surface area contributed by atoms with E-state index in [1.54, 1.807) is 37.1 Å². The van der Waals surface area contributed by atoms with Crippen LogP contribution in [-0.2, 0) is 14.3 Å². The Hall–Kier alpha value is -2.65. The number of hydrogen-bond donors (Lipinski definition) is 2. The smallest absolute Gasteiger partial charge is 0.257 e. The van der Waals surface area contributed by atoms with E-state index in [4.69, 9.17) is 9.47 Å². The zero-order valence-corrected chi connectivity index (χ0v) is 20.9. The predicted molar refractivity (Wildman–Crippen MR) is 133 cm³/mol. The van der Waals surface area contributed by atoms with Crippen LogP contribution in [0.5, 0.6) is 5.75 Å². The number of likely N-dealkylation sites (N-methyl/N-ethyl adjacent to an activating group) is 1. The lowest BCUT2D eigenvalue weighted by atomic mass is 9.94. The third kappa shape index (κ3) is 6.52. The number of amides is 3. The highest BCUT2D eigenvalue weighted by Crippen LogP contribution is 2.32. The van der Waals surface area contributed by atoms with Crippen LogP contribution in [0.3, 0.4) is 0 Å². The number of hydrogen-bond acceptors (Lipinski definition) is 6. The molecule has 0 saturated carbocycles. The maximum absolute atomic E-state index is 13.3. The summed E-state index contributed by atoms with van der Waals surface area (Å²) in [6.45, 7) is 5.87. The second-order valence-electron chi connectivity index (χ2n) is 9.74. The fourth-order valence-electron chi connectivity index (χ4n) is 5.17. The van der Waals surface area contributed by atoms with E-state index >= 15 is 0 Å². The molecule has 3 heterocycles. The van der Waals surface area contributed by atoms with Crippen LogP contribution < -0.4 is 15.4 Å². The van der Waals surface area contributed by atoms with Crippen molar-refractivity contribution in [2.75, 3.05) is 45.2 Å². The van der Waals surface area contributed by atoms with Crippen molar-refractivity contribution in [3.05, 3.63) is 23.8 Å². The minimum absolute atomic E-state index is 0.00801. The average Bonchev–Trinajstić information content (AvgIpc) is 2.87. The fraction of sp³-hybridized carbons (Fsp3) is 0.654. The Bertz CT molecular complexity index is 917. The first-order valence-electron chi connectivity index (χ1n) is 12.9. The van der Waals surface area contributed by atoms with E-state index in [1.807, 2.05) is 0 Å². The molecule has 2 fully saturated rings. The van der Waals surface area contributed by atoms with Crippen molar-refractivity contribution < 1.29 is 23.9 Å². The van der Waals surface area contributed by atoms with Gasteiger partial charge in [0.15, 0.2) is 0 Å². The lowest BCUT2D eigenvalue weighted by molar-refractivity contribution is -0.134. The topological polar surface area (TPSA) is 100 Å². The molecule has 9 nitrogen and oxygen atoms in total. The van der Waals surface area contributed by atoms with E-state index in [1.165, 1.54) is 19.3 Å². The average molecular weight is 487 g/mol. The Morgan fingerprint density at radius 3 is 2.69 bits per heavy atom. The van der Waals surface area contributed by atoms with E-state index in [9.17, 15) is 14.4 Å². The van der Waals surface area contributed by atoms with Crippen LogP contribution in [0.25, 0.3) is 0 Å². The number of nitrogens with one attached hydrogen (secondary N) is 2. The van der Waals surface area contributed by atoms with Gasteiger partial charge in [-0.05, 0) is 57.0 Å². The van der Waals surface area contributed by atoms with Crippen molar-refractivity contribution in [1.82, 2.24) is 15.1 Å². The second-order valence-corrected chi connectivity index (χ2v) is 9.74. The maximum Gasteiger partial charge on any atom is 0.257 e. The molecule has 3 aliphatic heterocycles. The summed E-state index contributed by atoms with van der Waals surface area (Å²) < 4.78 is 12.3. The Balaban J connectivity index is 1.32. The van der Waals surface area contributed by atoms with E-state index in [2.05, 4.69) is 15.5 Å². The maximum atomic E-state index is 13.3. The highest BCUT2D eigenvalue weighted by molar-refractivity contribution is 5.99. The minimum Gasteiger partial charge on any atom is -0.490 e. The standard InChI is InChI=1S/C26H38N4O5/c1-3-24(31)28-18-7-10-22-20(15-18)26(33)29(2)21-9-8-19(35-23(21)17-34-22)16-25(32)27-11-14-30-12-5-4-6-13-30/h7,10,15,19,21,23H,3-6,8-9,11-14,16-17H2,1-2H3,(H,27,32)(H,28,31)/t19-,21-,23-/m1/s1. The molecule has 0 spiro atoms. The monoisotopic (exact) mass is 486 g/mol. The summed E-state index contributed by atoms with van der Waals surface area (Å²) in [5.74, 6) is 0.198. The van der Waals surface area contributed by atoms with Gasteiger partial charge < -0.3 is 29.9 Å². The predicted octanol–water partition coefficient (Wildman–Crippen LogP) is 2.41. The SMILES string of the molecule is CCC(=O)Nc1ccc2c(c1)C(=O)N(C)[C@@H]1CC[C@H](CC(=O)NCCN3CCCCC3)O[C@@H]1CO2. The molecule has 2 N–H and O–H groups in total. The van der Waals surface area contributed by atoms with Gasteiger partial charge in [-0.1, -0.05) is 13.3 Å². The molecule has 0 unspecified atom stereocenters.